The number of methoxy groups -OCH3 is 1. The van der Waals surface area contributed by atoms with E-state index in [0.717, 1.165) is 12.8 Å². The standard InChI is InChI=1S/C19H22N2O3/c1-24-15-7-4-6-14(11-15)18(22)12-20-19(23)21-17-10-9-13-5-2-3-8-16(13)17/h2-8,11,17-18,22H,9-10,12H2,1H3,(H2,20,21,23). The second-order valence-electron chi connectivity index (χ2n) is 5.94. The number of carbonyl (C=O) groups excluding carboxylic acids is 1. The fraction of sp³-hybridized carbons (Fsp3) is 0.316. The van der Waals surface area contributed by atoms with Crippen molar-refractivity contribution in [3.05, 3.63) is 65.2 Å². The zero-order valence-electron chi connectivity index (χ0n) is 13.7. The predicted molar refractivity (Wildman–Crippen MR) is 92.0 cm³/mol. The molecule has 0 aromatic heterocycles. The Bertz CT molecular complexity index is 717. The van der Waals surface area contributed by atoms with Crippen molar-refractivity contribution >= 4 is 6.03 Å². The van der Waals surface area contributed by atoms with Crippen molar-refractivity contribution in [3.63, 3.8) is 0 Å². The van der Waals surface area contributed by atoms with Crippen molar-refractivity contribution in [2.24, 2.45) is 0 Å². The molecule has 0 aliphatic heterocycles. The number of carbonyl (C=O) groups is 1. The molecule has 2 unspecified atom stereocenters. The maximum atomic E-state index is 12.1. The minimum atomic E-state index is -0.776. The van der Waals surface area contributed by atoms with Gasteiger partial charge in [-0.25, -0.2) is 4.79 Å². The molecule has 126 valence electrons. The predicted octanol–water partition coefficient (Wildman–Crippen LogP) is 2.72. The van der Waals surface area contributed by atoms with Crippen LogP contribution >= 0.6 is 0 Å². The Kier molecular flexibility index (Phi) is 5.01. The molecule has 0 heterocycles. The molecular formula is C19H22N2O3. The van der Waals surface area contributed by atoms with Crippen LogP contribution in [-0.4, -0.2) is 24.8 Å². The number of aliphatic hydroxyl groups is 1. The molecule has 5 heteroatoms. The summed E-state index contributed by atoms with van der Waals surface area (Å²) < 4.78 is 5.14. The van der Waals surface area contributed by atoms with Gasteiger partial charge in [-0.2, -0.15) is 0 Å². The lowest BCUT2D eigenvalue weighted by molar-refractivity contribution is 0.172. The Hall–Kier alpha value is -2.53. The number of rotatable bonds is 5. The summed E-state index contributed by atoms with van der Waals surface area (Å²) in [5, 5.41) is 15.9. The molecule has 2 aromatic carbocycles. The first-order valence-corrected chi connectivity index (χ1v) is 8.11. The summed E-state index contributed by atoms with van der Waals surface area (Å²) in [6.07, 6.45) is 1.11. The summed E-state index contributed by atoms with van der Waals surface area (Å²) >= 11 is 0. The maximum Gasteiger partial charge on any atom is 0.315 e. The maximum absolute atomic E-state index is 12.1. The van der Waals surface area contributed by atoms with E-state index in [9.17, 15) is 9.90 Å². The number of aryl methyl sites for hydroxylation is 1. The summed E-state index contributed by atoms with van der Waals surface area (Å²) in [6, 6.07) is 15.1. The Labute approximate surface area is 141 Å². The molecule has 0 radical (unpaired) electrons. The van der Waals surface area contributed by atoms with E-state index >= 15 is 0 Å². The van der Waals surface area contributed by atoms with E-state index in [4.69, 9.17) is 4.74 Å². The van der Waals surface area contributed by atoms with Crippen molar-refractivity contribution < 1.29 is 14.6 Å². The van der Waals surface area contributed by atoms with Gasteiger partial charge in [0.1, 0.15) is 5.75 Å². The van der Waals surface area contributed by atoms with Gasteiger partial charge in [0.15, 0.2) is 0 Å². The van der Waals surface area contributed by atoms with Gasteiger partial charge in [0.05, 0.1) is 19.3 Å². The molecule has 0 saturated carbocycles. The van der Waals surface area contributed by atoms with E-state index in [1.165, 1.54) is 11.1 Å². The van der Waals surface area contributed by atoms with Crippen LogP contribution in [0.1, 0.15) is 35.3 Å². The van der Waals surface area contributed by atoms with Crippen molar-refractivity contribution in [1.29, 1.82) is 0 Å². The van der Waals surface area contributed by atoms with Gasteiger partial charge in [0.2, 0.25) is 0 Å². The summed E-state index contributed by atoms with van der Waals surface area (Å²) in [5.41, 5.74) is 3.18. The summed E-state index contributed by atoms with van der Waals surface area (Å²) in [6.45, 7) is 0.146. The molecule has 2 aromatic rings. The van der Waals surface area contributed by atoms with Crippen molar-refractivity contribution in [3.8, 4) is 5.75 Å². The molecule has 0 fully saturated rings. The third-order valence-electron chi connectivity index (χ3n) is 4.37. The first kappa shape index (κ1) is 16.3. The lowest BCUT2D eigenvalue weighted by atomic mass is 10.1. The molecule has 2 amide bonds. The molecule has 3 rings (SSSR count). The lowest BCUT2D eigenvalue weighted by Gasteiger charge is -2.17. The van der Waals surface area contributed by atoms with Crippen LogP contribution in [0.4, 0.5) is 4.79 Å². The normalized spacial score (nSPS) is 17.0. The van der Waals surface area contributed by atoms with Gasteiger partial charge in [0, 0.05) is 6.54 Å². The third kappa shape index (κ3) is 3.68. The Balaban J connectivity index is 1.52. The van der Waals surface area contributed by atoms with Gasteiger partial charge in [-0.05, 0) is 41.7 Å². The van der Waals surface area contributed by atoms with E-state index in [1.807, 2.05) is 24.3 Å². The van der Waals surface area contributed by atoms with Crippen molar-refractivity contribution in [2.45, 2.75) is 25.0 Å². The van der Waals surface area contributed by atoms with Crippen LogP contribution in [0.5, 0.6) is 5.75 Å². The topological polar surface area (TPSA) is 70.6 Å². The smallest absolute Gasteiger partial charge is 0.315 e. The monoisotopic (exact) mass is 326 g/mol. The highest BCUT2D eigenvalue weighted by Gasteiger charge is 2.23. The first-order valence-electron chi connectivity index (χ1n) is 8.11. The molecule has 2 atom stereocenters. The zero-order chi connectivity index (χ0) is 16.9. The average molecular weight is 326 g/mol. The third-order valence-corrected chi connectivity index (χ3v) is 4.37. The summed E-state index contributed by atoms with van der Waals surface area (Å²) in [5.74, 6) is 0.679. The molecule has 5 nitrogen and oxygen atoms in total. The molecule has 3 N–H and O–H groups in total. The van der Waals surface area contributed by atoms with E-state index in [2.05, 4.69) is 22.8 Å². The summed E-state index contributed by atoms with van der Waals surface area (Å²) in [4.78, 5) is 12.1. The molecule has 0 bridgehead atoms. The van der Waals surface area contributed by atoms with Gasteiger partial charge in [-0.15, -0.1) is 0 Å². The SMILES string of the molecule is COc1cccc(C(O)CNC(=O)NC2CCc3ccccc32)c1. The van der Waals surface area contributed by atoms with E-state index in [1.54, 1.807) is 19.2 Å². The van der Waals surface area contributed by atoms with Gasteiger partial charge >= 0.3 is 6.03 Å². The number of hydrogen-bond donors (Lipinski definition) is 3. The highest BCUT2D eigenvalue weighted by molar-refractivity contribution is 5.74. The second kappa shape index (κ2) is 7.36. The van der Waals surface area contributed by atoms with Crippen LogP contribution in [0, 0.1) is 0 Å². The van der Waals surface area contributed by atoms with E-state index in [0.29, 0.717) is 11.3 Å². The number of nitrogens with one attached hydrogen (secondary N) is 2. The first-order chi connectivity index (χ1) is 11.7. The van der Waals surface area contributed by atoms with Crippen LogP contribution in [0.2, 0.25) is 0 Å². The molecule has 0 spiro atoms. The molecule has 1 aliphatic carbocycles. The number of amides is 2. The summed E-state index contributed by atoms with van der Waals surface area (Å²) in [7, 11) is 1.58. The van der Waals surface area contributed by atoms with Gasteiger partial charge in [-0.1, -0.05) is 36.4 Å². The number of aliphatic hydroxyl groups excluding tert-OH is 1. The quantitative estimate of drug-likeness (QED) is 0.791. The number of ether oxygens (including phenoxy) is 1. The molecule has 1 aliphatic rings. The van der Waals surface area contributed by atoms with E-state index in [-0.39, 0.29) is 18.6 Å². The van der Waals surface area contributed by atoms with Crippen LogP contribution < -0.4 is 15.4 Å². The van der Waals surface area contributed by atoms with Crippen LogP contribution in [0.25, 0.3) is 0 Å². The Morgan fingerprint density at radius 2 is 2.12 bits per heavy atom. The highest BCUT2D eigenvalue weighted by atomic mass is 16.5. The fourth-order valence-corrected chi connectivity index (χ4v) is 3.07. The second-order valence-corrected chi connectivity index (χ2v) is 5.94. The van der Waals surface area contributed by atoms with Gasteiger partial charge in [-0.3, -0.25) is 0 Å². The van der Waals surface area contributed by atoms with Crippen LogP contribution in [0.3, 0.4) is 0 Å². The number of benzene rings is 2. The number of hydrogen-bond acceptors (Lipinski definition) is 3. The van der Waals surface area contributed by atoms with Gasteiger partial charge in [0.25, 0.3) is 0 Å². The van der Waals surface area contributed by atoms with Gasteiger partial charge < -0.3 is 20.5 Å². The minimum Gasteiger partial charge on any atom is -0.497 e. The van der Waals surface area contributed by atoms with E-state index < -0.39 is 6.10 Å². The molecule has 24 heavy (non-hydrogen) atoms. The molecular weight excluding hydrogens is 304 g/mol. The lowest BCUT2D eigenvalue weighted by Crippen LogP contribution is -2.39. The average Bonchev–Trinajstić information content (AvgIpc) is 3.03. The van der Waals surface area contributed by atoms with Crippen molar-refractivity contribution in [2.75, 3.05) is 13.7 Å². The van der Waals surface area contributed by atoms with Crippen LogP contribution in [-0.2, 0) is 6.42 Å². The number of fused-ring (bicyclic) bond motifs is 1. The largest absolute Gasteiger partial charge is 0.497 e. The zero-order valence-corrected chi connectivity index (χ0v) is 13.7. The highest BCUT2D eigenvalue weighted by Crippen LogP contribution is 2.30. The van der Waals surface area contributed by atoms with Crippen molar-refractivity contribution in [1.82, 2.24) is 10.6 Å². The van der Waals surface area contributed by atoms with Crippen LogP contribution in [0.15, 0.2) is 48.5 Å². The molecule has 0 saturated heterocycles. The Morgan fingerprint density at radius 3 is 2.96 bits per heavy atom. The Morgan fingerprint density at radius 1 is 1.29 bits per heavy atom. The minimum absolute atomic E-state index is 0.0372. The fourth-order valence-electron chi connectivity index (χ4n) is 3.07. The number of urea groups is 1.